The third-order valence-corrected chi connectivity index (χ3v) is 2.41. The van der Waals surface area contributed by atoms with Crippen molar-refractivity contribution in [1.82, 2.24) is 4.98 Å². The van der Waals surface area contributed by atoms with Gasteiger partial charge >= 0.3 is 12.1 Å². The van der Waals surface area contributed by atoms with E-state index < -0.39 is 42.0 Å². The molecule has 0 aromatic carbocycles. The fourth-order valence-electron chi connectivity index (χ4n) is 1.63. The summed E-state index contributed by atoms with van der Waals surface area (Å²) < 4.78 is 73.2. The zero-order chi connectivity index (χ0) is 16.2. The Labute approximate surface area is 116 Å². The quantitative estimate of drug-likeness (QED) is 0.619. The third-order valence-electron chi connectivity index (χ3n) is 2.41. The summed E-state index contributed by atoms with van der Waals surface area (Å²) in [4.78, 5) is 14.4. The lowest BCUT2D eigenvalue weighted by Crippen LogP contribution is -2.17. The summed E-state index contributed by atoms with van der Waals surface area (Å²) in [6.07, 6.45) is -9.08. The van der Waals surface area contributed by atoms with Gasteiger partial charge in [-0.05, 0) is 6.92 Å². The molecule has 0 fully saturated rings. The van der Waals surface area contributed by atoms with Crippen molar-refractivity contribution < 1.29 is 36.2 Å². The number of aromatic nitrogens is 1. The van der Waals surface area contributed by atoms with Gasteiger partial charge in [0, 0.05) is 6.07 Å². The average molecular weight is 313 g/mol. The fourth-order valence-corrected chi connectivity index (χ4v) is 1.63. The van der Waals surface area contributed by atoms with Gasteiger partial charge in [0.25, 0.3) is 6.43 Å². The number of carbonyl (C=O) groups excluding carboxylic acids is 1. The second-order valence-corrected chi connectivity index (χ2v) is 3.86. The normalized spacial score (nSPS) is 11.6. The molecular weight excluding hydrogens is 301 g/mol. The minimum absolute atomic E-state index is 0.0389. The van der Waals surface area contributed by atoms with E-state index in [1.54, 1.807) is 0 Å². The van der Waals surface area contributed by atoms with Crippen molar-refractivity contribution in [3.63, 3.8) is 0 Å². The predicted molar refractivity (Wildman–Crippen MR) is 61.1 cm³/mol. The molecule has 21 heavy (non-hydrogen) atoms. The number of hydrogen-bond donors (Lipinski definition) is 0. The highest BCUT2D eigenvalue weighted by molar-refractivity contribution is 5.72. The molecule has 0 atom stereocenters. The van der Waals surface area contributed by atoms with Crippen molar-refractivity contribution in [2.45, 2.75) is 25.9 Å². The number of carbonyl (C=O) groups is 1. The number of rotatable bonds is 5. The highest BCUT2D eigenvalue weighted by atomic mass is 19.4. The van der Waals surface area contributed by atoms with E-state index >= 15 is 0 Å². The van der Waals surface area contributed by atoms with Gasteiger partial charge in [-0.2, -0.15) is 13.2 Å². The molecule has 0 bridgehead atoms. The van der Waals surface area contributed by atoms with E-state index in [0.717, 1.165) is 13.2 Å². The first-order valence-corrected chi connectivity index (χ1v) is 5.79. The number of nitrogens with zero attached hydrogens (tertiary/aromatic N) is 1. The Kier molecular flexibility index (Phi) is 5.45. The van der Waals surface area contributed by atoms with Crippen LogP contribution in [0, 0.1) is 0 Å². The summed E-state index contributed by atoms with van der Waals surface area (Å²) in [6.45, 7) is 1.56. The maximum atomic E-state index is 12.8. The van der Waals surface area contributed by atoms with Gasteiger partial charge in [0.15, 0.2) is 5.69 Å². The van der Waals surface area contributed by atoms with E-state index in [0.29, 0.717) is 0 Å². The Morgan fingerprint density at radius 3 is 2.43 bits per heavy atom. The molecule has 1 heterocycles. The average Bonchev–Trinajstić information content (AvgIpc) is 2.36. The van der Waals surface area contributed by atoms with E-state index in [1.165, 1.54) is 6.92 Å². The molecule has 0 spiro atoms. The van der Waals surface area contributed by atoms with Crippen LogP contribution in [-0.4, -0.2) is 24.7 Å². The molecular formula is C12H12F5NO3. The molecule has 0 aliphatic heterocycles. The maximum Gasteiger partial charge on any atom is 0.433 e. The van der Waals surface area contributed by atoms with Gasteiger partial charge in [-0.1, -0.05) is 0 Å². The van der Waals surface area contributed by atoms with Crippen LogP contribution >= 0.6 is 0 Å². The number of esters is 1. The first-order chi connectivity index (χ1) is 9.70. The molecule has 0 N–H and O–H groups in total. The van der Waals surface area contributed by atoms with E-state index in [4.69, 9.17) is 0 Å². The standard InChI is InChI=1S/C12H12F5NO3/c1-3-21-8(19)5-6-4-7(20-2)9(11(13)14)10(18-6)12(15,16)17/h4,11H,3,5H2,1-2H3. The SMILES string of the molecule is CCOC(=O)Cc1cc(OC)c(C(F)F)c(C(F)(F)F)n1. The van der Waals surface area contributed by atoms with Crippen LogP contribution in [0.5, 0.6) is 5.75 Å². The summed E-state index contributed by atoms with van der Waals surface area (Å²) in [6, 6.07) is 0.869. The van der Waals surface area contributed by atoms with Crippen molar-refractivity contribution >= 4 is 5.97 Å². The van der Waals surface area contributed by atoms with Gasteiger partial charge < -0.3 is 9.47 Å². The van der Waals surface area contributed by atoms with Crippen LogP contribution in [0.1, 0.15) is 30.3 Å². The van der Waals surface area contributed by atoms with E-state index in [1.807, 2.05) is 0 Å². The summed E-state index contributed by atoms with van der Waals surface area (Å²) in [5.74, 6) is -1.49. The monoisotopic (exact) mass is 313 g/mol. The summed E-state index contributed by atoms with van der Waals surface area (Å²) in [5, 5.41) is 0. The highest BCUT2D eigenvalue weighted by Gasteiger charge is 2.40. The van der Waals surface area contributed by atoms with Crippen LogP contribution in [0.4, 0.5) is 22.0 Å². The van der Waals surface area contributed by atoms with Crippen LogP contribution in [0.2, 0.25) is 0 Å². The molecule has 118 valence electrons. The molecule has 0 unspecified atom stereocenters. The largest absolute Gasteiger partial charge is 0.496 e. The molecule has 0 radical (unpaired) electrons. The predicted octanol–water partition coefficient (Wildman–Crippen LogP) is 3.15. The smallest absolute Gasteiger partial charge is 0.433 e. The summed E-state index contributed by atoms with van der Waals surface area (Å²) in [7, 11) is 0.954. The van der Waals surface area contributed by atoms with Gasteiger partial charge in [-0.25, -0.2) is 13.8 Å². The fraction of sp³-hybridized carbons (Fsp3) is 0.500. The Hall–Kier alpha value is -1.93. The number of alkyl halides is 5. The number of methoxy groups -OCH3 is 1. The van der Waals surface area contributed by atoms with Gasteiger partial charge in [-0.3, -0.25) is 4.79 Å². The van der Waals surface area contributed by atoms with Crippen LogP contribution in [0.15, 0.2) is 6.07 Å². The molecule has 1 aromatic rings. The number of hydrogen-bond acceptors (Lipinski definition) is 4. The molecule has 1 rings (SSSR count). The second kappa shape index (κ2) is 6.68. The van der Waals surface area contributed by atoms with Crippen LogP contribution < -0.4 is 4.74 Å². The lowest BCUT2D eigenvalue weighted by atomic mass is 10.1. The molecule has 0 saturated heterocycles. The van der Waals surface area contributed by atoms with Crippen molar-refractivity contribution in [2.75, 3.05) is 13.7 Å². The molecule has 4 nitrogen and oxygen atoms in total. The van der Waals surface area contributed by atoms with E-state index in [-0.39, 0.29) is 12.3 Å². The van der Waals surface area contributed by atoms with E-state index in [9.17, 15) is 26.7 Å². The van der Waals surface area contributed by atoms with Gasteiger partial charge in [-0.15, -0.1) is 0 Å². The molecule has 1 aromatic heterocycles. The molecule has 9 heteroatoms. The Balaban J connectivity index is 3.34. The van der Waals surface area contributed by atoms with Crippen molar-refractivity contribution in [1.29, 1.82) is 0 Å². The Bertz CT molecular complexity index is 516. The molecule has 0 saturated carbocycles. The van der Waals surface area contributed by atoms with E-state index in [2.05, 4.69) is 14.5 Å². The summed E-state index contributed by atoms with van der Waals surface area (Å²) in [5.41, 5.74) is -3.48. The Morgan fingerprint density at radius 2 is 2.00 bits per heavy atom. The maximum absolute atomic E-state index is 12.8. The number of pyridine rings is 1. The minimum atomic E-state index is -5.09. The minimum Gasteiger partial charge on any atom is -0.496 e. The van der Waals surface area contributed by atoms with Crippen LogP contribution in [0.25, 0.3) is 0 Å². The van der Waals surface area contributed by atoms with Gasteiger partial charge in [0.05, 0.1) is 31.4 Å². The van der Waals surface area contributed by atoms with Crippen molar-refractivity contribution in [3.8, 4) is 5.75 Å². The van der Waals surface area contributed by atoms with Crippen molar-refractivity contribution in [3.05, 3.63) is 23.0 Å². The number of halogens is 5. The molecule has 0 aliphatic rings. The third kappa shape index (κ3) is 4.27. The highest BCUT2D eigenvalue weighted by Crippen LogP contribution is 2.40. The second-order valence-electron chi connectivity index (χ2n) is 3.86. The first-order valence-electron chi connectivity index (χ1n) is 5.79. The van der Waals surface area contributed by atoms with Gasteiger partial charge in [0.1, 0.15) is 5.75 Å². The Morgan fingerprint density at radius 1 is 1.38 bits per heavy atom. The molecule has 0 amide bonds. The van der Waals surface area contributed by atoms with Crippen LogP contribution in [-0.2, 0) is 22.1 Å². The molecule has 0 aliphatic carbocycles. The van der Waals surface area contributed by atoms with Crippen LogP contribution in [0.3, 0.4) is 0 Å². The van der Waals surface area contributed by atoms with Crippen molar-refractivity contribution in [2.24, 2.45) is 0 Å². The first kappa shape index (κ1) is 17.1. The summed E-state index contributed by atoms with van der Waals surface area (Å²) >= 11 is 0. The van der Waals surface area contributed by atoms with Gasteiger partial charge in [0.2, 0.25) is 0 Å². The zero-order valence-corrected chi connectivity index (χ0v) is 11.1. The lowest BCUT2D eigenvalue weighted by molar-refractivity contribution is -0.145. The zero-order valence-electron chi connectivity index (χ0n) is 11.1. The lowest BCUT2D eigenvalue weighted by Gasteiger charge is -2.16. The number of ether oxygens (including phenoxy) is 2. The topological polar surface area (TPSA) is 48.4 Å².